The molecule has 1 aliphatic carbocycles. The Morgan fingerprint density at radius 2 is 1.88 bits per heavy atom. The highest BCUT2D eigenvalue weighted by atomic mass is 35.5. The highest BCUT2D eigenvalue weighted by molar-refractivity contribution is 6.31. The number of rotatable bonds is 2. The molecule has 1 aromatic rings. The van der Waals surface area contributed by atoms with Gasteiger partial charge in [0.15, 0.2) is 11.6 Å². The molecule has 1 aliphatic rings. The number of hydrogen-bond acceptors (Lipinski definition) is 1. The highest BCUT2D eigenvalue weighted by Gasteiger charge is 2.36. The van der Waals surface area contributed by atoms with Crippen LogP contribution in [-0.4, -0.2) is 6.54 Å². The summed E-state index contributed by atoms with van der Waals surface area (Å²) in [5.41, 5.74) is 6.18. The Morgan fingerprint density at radius 1 is 1.25 bits per heavy atom. The fourth-order valence-electron chi connectivity index (χ4n) is 2.57. The molecule has 16 heavy (non-hydrogen) atoms. The molecule has 1 aromatic carbocycles. The molecule has 1 nitrogen and oxygen atoms in total. The summed E-state index contributed by atoms with van der Waals surface area (Å²) in [5, 5.41) is -0.104. The minimum Gasteiger partial charge on any atom is -0.330 e. The van der Waals surface area contributed by atoms with Crippen LogP contribution in [0.5, 0.6) is 0 Å². The van der Waals surface area contributed by atoms with Gasteiger partial charge in [-0.05, 0) is 24.5 Å². The van der Waals surface area contributed by atoms with E-state index >= 15 is 0 Å². The van der Waals surface area contributed by atoms with E-state index in [4.69, 9.17) is 17.3 Å². The van der Waals surface area contributed by atoms with Crippen molar-refractivity contribution in [3.8, 4) is 0 Å². The summed E-state index contributed by atoms with van der Waals surface area (Å²) in [4.78, 5) is 0. The van der Waals surface area contributed by atoms with Crippen molar-refractivity contribution in [2.45, 2.75) is 31.1 Å². The van der Waals surface area contributed by atoms with E-state index in [1.807, 2.05) is 0 Å². The van der Waals surface area contributed by atoms with Crippen molar-refractivity contribution in [2.24, 2.45) is 5.73 Å². The van der Waals surface area contributed by atoms with E-state index in [0.29, 0.717) is 12.1 Å². The van der Waals surface area contributed by atoms with Crippen molar-refractivity contribution < 1.29 is 8.78 Å². The third-order valence-corrected chi connectivity index (χ3v) is 3.93. The summed E-state index contributed by atoms with van der Waals surface area (Å²) in [5.74, 6) is -1.86. The molecule has 0 spiro atoms. The van der Waals surface area contributed by atoms with Crippen LogP contribution in [0.4, 0.5) is 8.78 Å². The zero-order chi connectivity index (χ0) is 11.8. The van der Waals surface area contributed by atoms with Crippen LogP contribution in [0.15, 0.2) is 12.1 Å². The van der Waals surface area contributed by atoms with E-state index in [-0.39, 0.29) is 10.4 Å². The molecule has 1 fully saturated rings. The summed E-state index contributed by atoms with van der Waals surface area (Å²) >= 11 is 5.88. The predicted octanol–water partition coefficient (Wildman–Crippen LogP) is 3.39. The van der Waals surface area contributed by atoms with Gasteiger partial charge in [0.2, 0.25) is 0 Å². The normalized spacial score (nSPS) is 19.0. The molecule has 0 aliphatic heterocycles. The van der Waals surface area contributed by atoms with Gasteiger partial charge in [0, 0.05) is 12.0 Å². The van der Waals surface area contributed by atoms with E-state index in [0.717, 1.165) is 31.7 Å². The lowest BCUT2D eigenvalue weighted by Gasteiger charge is -2.29. The first-order valence-electron chi connectivity index (χ1n) is 5.45. The van der Waals surface area contributed by atoms with Crippen LogP contribution in [0.1, 0.15) is 31.2 Å². The lowest BCUT2D eigenvalue weighted by Crippen LogP contribution is -2.32. The Hall–Kier alpha value is -0.670. The molecule has 88 valence electrons. The first kappa shape index (κ1) is 11.8. The predicted molar refractivity (Wildman–Crippen MR) is 60.6 cm³/mol. The van der Waals surface area contributed by atoms with Crippen LogP contribution in [0.3, 0.4) is 0 Å². The lowest BCUT2D eigenvalue weighted by molar-refractivity contribution is 0.443. The molecule has 0 bridgehead atoms. The third-order valence-electron chi connectivity index (χ3n) is 3.56. The maximum absolute atomic E-state index is 13.4. The first-order chi connectivity index (χ1) is 7.60. The summed E-state index contributed by atoms with van der Waals surface area (Å²) in [6, 6.07) is 2.70. The Labute approximate surface area is 98.6 Å². The summed E-state index contributed by atoms with van der Waals surface area (Å²) < 4.78 is 26.4. The van der Waals surface area contributed by atoms with Crippen molar-refractivity contribution in [3.63, 3.8) is 0 Å². The largest absolute Gasteiger partial charge is 0.330 e. The van der Waals surface area contributed by atoms with Crippen LogP contribution in [0, 0.1) is 11.6 Å². The maximum Gasteiger partial charge on any atom is 0.177 e. The van der Waals surface area contributed by atoms with E-state index < -0.39 is 11.6 Å². The molecule has 4 heteroatoms. The minimum atomic E-state index is -0.959. The molecule has 0 saturated heterocycles. The molecule has 2 N–H and O–H groups in total. The fraction of sp³-hybridized carbons (Fsp3) is 0.500. The molecule has 0 unspecified atom stereocenters. The number of halogens is 3. The molecule has 2 rings (SSSR count). The molecular weight excluding hydrogens is 232 g/mol. The fourth-order valence-corrected chi connectivity index (χ4v) is 2.92. The average Bonchev–Trinajstić information content (AvgIpc) is 2.76. The summed E-state index contributed by atoms with van der Waals surface area (Å²) in [6.45, 7) is 0.428. The minimum absolute atomic E-state index is 0.104. The average molecular weight is 246 g/mol. The van der Waals surface area contributed by atoms with Crippen molar-refractivity contribution in [1.29, 1.82) is 0 Å². The van der Waals surface area contributed by atoms with Gasteiger partial charge in [-0.1, -0.05) is 30.5 Å². The van der Waals surface area contributed by atoms with Crippen molar-refractivity contribution in [1.82, 2.24) is 0 Å². The zero-order valence-electron chi connectivity index (χ0n) is 8.90. The SMILES string of the molecule is NCC1(c2ccc(F)c(F)c2Cl)CCCC1. The Morgan fingerprint density at radius 3 is 2.44 bits per heavy atom. The van der Waals surface area contributed by atoms with Crippen LogP contribution in [0.2, 0.25) is 5.02 Å². The van der Waals surface area contributed by atoms with Gasteiger partial charge in [-0.25, -0.2) is 8.78 Å². The van der Waals surface area contributed by atoms with Crippen LogP contribution < -0.4 is 5.73 Å². The highest BCUT2D eigenvalue weighted by Crippen LogP contribution is 2.43. The summed E-state index contributed by atoms with van der Waals surface area (Å²) in [6.07, 6.45) is 3.92. The first-order valence-corrected chi connectivity index (χ1v) is 5.82. The second kappa shape index (κ2) is 4.30. The number of nitrogens with two attached hydrogens (primary N) is 1. The van der Waals surface area contributed by atoms with E-state index in [2.05, 4.69) is 0 Å². The topological polar surface area (TPSA) is 26.0 Å². The second-order valence-corrected chi connectivity index (χ2v) is 4.79. The van der Waals surface area contributed by atoms with Gasteiger partial charge in [0.1, 0.15) is 0 Å². The third kappa shape index (κ3) is 1.72. The lowest BCUT2D eigenvalue weighted by atomic mass is 9.79. The van der Waals surface area contributed by atoms with Gasteiger partial charge in [-0.15, -0.1) is 0 Å². The molecule has 0 atom stereocenters. The van der Waals surface area contributed by atoms with Crippen molar-refractivity contribution in [2.75, 3.05) is 6.54 Å². The smallest absolute Gasteiger partial charge is 0.177 e. The number of benzene rings is 1. The maximum atomic E-state index is 13.4. The van der Waals surface area contributed by atoms with Crippen LogP contribution >= 0.6 is 11.6 Å². The Kier molecular flexibility index (Phi) is 3.17. The quantitative estimate of drug-likeness (QED) is 0.795. The van der Waals surface area contributed by atoms with Gasteiger partial charge >= 0.3 is 0 Å². The van der Waals surface area contributed by atoms with E-state index in [1.54, 1.807) is 6.07 Å². The summed E-state index contributed by atoms with van der Waals surface area (Å²) in [7, 11) is 0. The number of hydrogen-bond donors (Lipinski definition) is 1. The van der Waals surface area contributed by atoms with Crippen LogP contribution in [-0.2, 0) is 5.41 Å². The second-order valence-electron chi connectivity index (χ2n) is 4.41. The van der Waals surface area contributed by atoms with Crippen LogP contribution in [0.25, 0.3) is 0 Å². The molecule has 0 amide bonds. The van der Waals surface area contributed by atoms with Gasteiger partial charge in [-0.2, -0.15) is 0 Å². The van der Waals surface area contributed by atoms with Gasteiger partial charge < -0.3 is 5.73 Å². The Balaban J connectivity index is 2.51. The zero-order valence-corrected chi connectivity index (χ0v) is 9.66. The molecular formula is C12H14ClF2N. The standard InChI is InChI=1S/C12H14ClF2N/c13-10-8(3-4-9(14)11(10)15)12(7-16)5-1-2-6-12/h3-4H,1-2,5-7,16H2. The van der Waals surface area contributed by atoms with Gasteiger partial charge in [-0.3, -0.25) is 0 Å². The molecule has 0 radical (unpaired) electrons. The van der Waals surface area contributed by atoms with E-state index in [1.165, 1.54) is 0 Å². The van der Waals surface area contributed by atoms with E-state index in [9.17, 15) is 8.78 Å². The molecule has 0 aromatic heterocycles. The van der Waals surface area contributed by atoms with Crippen molar-refractivity contribution in [3.05, 3.63) is 34.4 Å². The van der Waals surface area contributed by atoms with Crippen molar-refractivity contribution >= 4 is 11.6 Å². The van der Waals surface area contributed by atoms with Gasteiger partial charge in [0.05, 0.1) is 5.02 Å². The Bertz CT molecular complexity index is 400. The van der Waals surface area contributed by atoms with Gasteiger partial charge in [0.25, 0.3) is 0 Å². The monoisotopic (exact) mass is 245 g/mol. The molecule has 1 saturated carbocycles. The molecule has 0 heterocycles.